The molecule has 0 radical (unpaired) electrons. The molecule has 0 aliphatic carbocycles. The molecular formula is C26H27FN2O3. The van der Waals surface area contributed by atoms with Crippen molar-refractivity contribution in [2.24, 2.45) is 0 Å². The molecule has 32 heavy (non-hydrogen) atoms. The minimum Gasteiger partial charge on any atom is -0.508 e. The van der Waals surface area contributed by atoms with Gasteiger partial charge >= 0.3 is 0 Å². The molecule has 4 rings (SSSR count). The van der Waals surface area contributed by atoms with Gasteiger partial charge in [0.25, 0.3) is 5.91 Å². The number of carbonyl (C=O) groups is 1. The van der Waals surface area contributed by atoms with E-state index in [0.29, 0.717) is 18.0 Å². The molecular weight excluding hydrogens is 407 g/mol. The summed E-state index contributed by atoms with van der Waals surface area (Å²) in [5.41, 5.74) is 1.07. The van der Waals surface area contributed by atoms with E-state index < -0.39 is 11.7 Å². The van der Waals surface area contributed by atoms with Crippen LogP contribution in [0.2, 0.25) is 0 Å². The number of ether oxygens (including phenoxy) is 1. The SMILES string of the molecule is O=C(c1ccccc1F)N(c1ccc(O)cc1)c1ccc(OCCN2CCCCC2)cc1. The maximum atomic E-state index is 14.3. The first-order chi connectivity index (χ1) is 15.6. The Morgan fingerprint density at radius 3 is 2.19 bits per heavy atom. The largest absolute Gasteiger partial charge is 0.508 e. The number of carbonyl (C=O) groups excluding carboxylic acids is 1. The molecule has 1 aliphatic heterocycles. The van der Waals surface area contributed by atoms with E-state index in [1.54, 1.807) is 36.4 Å². The topological polar surface area (TPSA) is 53.0 Å². The highest BCUT2D eigenvalue weighted by atomic mass is 19.1. The number of benzene rings is 3. The van der Waals surface area contributed by atoms with Gasteiger partial charge in [-0.25, -0.2) is 4.39 Å². The van der Waals surface area contributed by atoms with E-state index in [9.17, 15) is 14.3 Å². The summed E-state index contributed by atoms with van der Waals surface area (Å²) < 4.78 is 20.2. The number of hydrogen-bond donors (Lipinski definition) is 1. The Morgan fingerprint density at radius 1 is 0.906 bits per heavy atom. The van der Waals surface area contributed by atoms with Crippen molar-refractivity contribution in [3.05, 3.63) is 84.2 Å². The van der Waals surface area contributed by atoms with Crippen molar-refractivity contribution in [1.29, 1.82) is 0 Å². The average molecular weight is 435 g/mol. The third-order valence-corrected chi connectivity index (χ3v) is 5.64. The highest BCUT2D eigenvalue weighted by molar-refractivity contribution is 6.11. The lowest BCUT2D eigenvalue weighted by atomic mass is 10.1. The zero-order chi connectivity index (χ0) is 22.3. The molecule has 166 valence electrons. The second-order valence-electron chi connectivity index (χ2n) is 7.88. The molecule has 3 aromatic rings. The lowest BCUT2D eigenvalue weighted by molar-refractivity contribution is 0.0995. The van der Waals surface area contributed by atoms with Crippen LogP contribution in [0.1, 0.15) is 29.6 Å². The van der Waals surface area contributed by atoms with Crippen LogP contribution >= 0.6 is 0 Å². The molecule has 5 nitrogen and oxygen atoms in total. The van der Waals surface area contributed by atoms with Gasteiger partial charge in [-0.3, -0.25) is 14.6 Å². The fraction of sp³-hybridized carbons (Fsp3) is 0.269. The van der Waals surface area contributed by atoms with Gasteiger partial charge in [-0.1, -0.05) is 18.6 Å². The minimum absolute atomic E-state index is 0.0255. The summed E-state index contributed by atoms with van der Waals surface area (Å²) in [6.45, 7) is 3.76. The molecule has 0 spiro atoms. The first kappa shape index (κ1) is 21.8. The predicted octanol–water partition coefficient (Wildman–Crippen LogP) is 5.37. The number of phenolic OH excluding ortho intramolecular Hbond substituents is 1. The van der Waals surface area contributed by atoms with Gasteiger partial charge in [-0.05, 0) is 86.6 Å². The summed E-state index contributed by atoms with van der Waals surface area (Å²) in [6, 6.07) is 19.3. The molecule has 3 aromatic carbocycles. The Morgan fingerprint density at radius 2 is 1.53 bits per heavy atom. The minimum atomic E-state index is -0.584. The van der Waals surface area contributed by atoms with Crippen molar-refractivity contribution in [2.75, 3.05) is 31.1 Å². The maximum Gasteiger partial charge on any atom is 0.265 e. The van der Waals surface area contributed by atoms with E-state index >= 15 is 0 Å². The van der Waals surface area contributed by atoms with Crippen molar-refractivity contribution >= 4 is 17.3 Å². The van der Waals surface area contributed by atoms with Gasteiger partial charge in [0.15, 0.2) is 0 Å². The number of halogens is 1. The van der Waals surface area contributed by atoms with Gasteiger partial charge in [-0.2, -0.15) is 0 Å². The number of phenols is 1. The molecule has 1 N–H and O–H groups in total. The molecule has 6 heteroatoms. The van der Waals surface area contributed by atoms with E-state index in [1.165, 1.54) is 48.4 Å². The number of likely N-dealkylation sites (tertiary alicyclic amines) is 1. The summed E-state index contributed by atoms with van der Waals surface area (Å²) in [7, 11) is 0. The van der Waals surface area contributed by atoms with Crippen LogP contribution in [-0.2, 0) is 0 Å². The third-order valence-electron chi connectivity index (χ3n) is 5.64. The van der Waals surface area contributed by atoms with Crippen molar-refractivity contribution in [3.63, 3.8) is 0 Å². The molecule has 0 atom stereocenters. The molecule has 0 bridgehead atoms. The maximum absolute atomic E-state index is 14.3. The van der Waals surface area contributed by atoms with Crippen molar-refractivity contribution in [3.8, 4) is 11.5 Å². The molecule has 1 amide bonds. The highest BCUT2D eigenvalue weighted by Gasteiger charge is 2.22. The summed E-state index contributed by atoms with van der Waals surface area (Å²) in [4.78, 5) is 17.1. The number of aromatic hydroxyl groups is 1. The average Bonchev–Trinajstić information content (AvgIpc) is 2.82. The summed E-state index contributed by atoms with van der Waals surface area (Å²) >= 11 is 0. The Hall–Kier alpha value is -3.38. The van der Waals surface area contributed by atoms with Crippen LogP contribution in [0.25, 0.3) is 0 Å². The fourth-order valence-electron chi connectivity index (χ4n) is 3.91. The van der Waals surface area contributed by atoms with Gasteiger partial charge in [0.2, 0.25) is 0 Å². The third kappa shape index (κ3) is 5.26. The second kappa shape index (κ2) is 10.3. The Balaban J connectivity index is 1.52. The zero-order valence-corrected chi connectivity index (χ0v) is 17.9. The van der Waals surface area contributed by atoms with Gasteiger partial charge in [0.1, 0.15) is 23.9 Å². The molecule has 0 aromatic heterocycles. The van der Waals surface area contributed by atoms with Gasteiger partial charge in [0.05, 0.1) is 5.56 Å². The molecule has 1 saturated heterocycles. The quantitative estimate of drug-likeness (QED) is 0.543. The molecule has 1 aliphatic rings. The number of anilines is 2. The first-order valence-corrected chi connectivity index (χ1v) is 10.9. The van der Waals surface area contributed by atoms with Crippen molar-refractivity contribution < 1.29 is 19.0 Å². The molecule has 1 fully saturated rings. The Labute approximate surface area is 187 Å². The van der Waals surface area contributed by atoms with Crippen LogP contribution in [-0.4, -0.2) is 42.2 Å². The van der Waals surface area contributed by atoms with Gasteiger partial charge in [0, 0.05) is 17.9 Å². The van der Waals surface area contributed by atoms with Crippen LogP contribution in [0.4, 0.5) is 15.8 Å². The summed E-state index contributed by atoms with van der Waals surface area (Å²) in [5, 5.41) is 9.64. The zero-order valence-electron chi connectivity index (χ0n) is 17.9. The Bertz CT molecular complexity index is 1030. The standard InChI is InChI=1S/C26H27FN2O3/c27-25-7-3-2-6-24(25)26(31)29(20-8-12-22(30)13-9-20)21-10-14-23(15-11-21)32-19-18-28-16-4-1-5-17-28/h2-3,6-15,30H,1,4-5,16-19H2. The number of hydrogen-bond acceptors (Lipinski definition) is 4. The van der Waals surface area contributed by atoms with E-state index in [4.69, 9.17) is 4.74 Å². The van der Waals surface area contributed by atoms with E-state index in [0.717, 1.165) is 25.4 Å². The normalized spacial score (nSPS) is 14.2. The number of amides is 1. The van der Waals surface area contributed by atoms with Crippen LogP contribution < -0.4 is 9.64 Å². The molecule has 0 unspecified atom stereocenters. The van der Waals surface area contributed by atoms with Crippen LogP contribution in [0.3, 0.4) is 0 Å². The molecule has 0 saturated carbocycles. The summed E-state index contributed by atoms with van der Waals surface area (Å²) in [6.07, 6.45) is 3.80. The highest BCUT2D eigenvalue weighted by Crippen LogP contribution is 2.31. The van der Waals surface area contributed by atoms with Gasteiger partial charge in [-0.15, -0.1) is 0 Å². The number of piperidine rings is 1. The van der Waals surface area contributed by atoms with Crippen LogP contribution in [0.15, 0.2) is 72.8 Å². The Kier molecular flexibility index (Phi) is 7.02. The van der Waals surface area contributed by atoms with E-state index in [-0.39, 0.29) is 11.3 Å². The van der Waals surface area contributed by atoms with E-state index in [1.807, 2.05) is 12.1 Å². The lowest BCUT2D eigenvalue weighted by Gasteiger charge is -2.26. The summed E-state index contributed by atoms with van der Waals surface area (Å²) in [5.74, 6) is -0.272. The van der Waals surface area contributed by atoms with Gasteiger partial charge < -0.3 is 9.84 Å². The number of rotatable bonds is 7. The lowest BCUT2D eigenvalue weighted by Crippen LogP contribution is -2.33. The monoisotopic (exact) mass is 434 g/mol. The van der Waals surface area contributed by atoms with Crippen LogP contribution in [0.5, 0.6) is 11.5 Å². The van der Waals surface area contributed by atoms with Crippen molar-refractivity contribution in [1.82, 2.24) is 4.90 Å². The smallest absolute Gasteiger partial charge is 0.265 e. The predicted molar refractivity (Wildman–Crippen MR) is 123 cm³/mol. The first-order valence-electron chi connectivity index (χ1n) is 10.9. The second-order valence-corrected chi connectivity index (χ2v) is 7.88. The number of nitrogens with zero attached hydrogens (tertiary/aromatic N) is 2. The fourth-order valence-corrected chi connectivity index (χ4v) is 3.91. The van der Waals surface area contributed by atoms with Crippen molar-refractivity contribution in [2.45, 2.75) is 19.3 Å². The molecule has 1 heterocycles. The van der Waals surface area contributed by atoms with E-state index in [2.05, 4.69) is 4.90 Å². The van der Waals surface area contributed by atoms with Crippen LogP contribution in [0, 0.1) is 5.82 Å².